The minimum absolute atomic E-state index is 0.123. The van der Waals surface area contributed by atoms with Gasteiger partial charge in [-0.05, 0) is 109 Å². The van der Waals surface area contributed by atoms with Crippen LogP contribution in [-0.4, -0.2) is 37.2 Å². The second-order valence-electron chi connectivity index (χ2n) is 16.7. The summed E-state index contributed by atoms with van der Waals surface area (Å²) >= 11 is 0. The third kappa shape index (κ3) is 50.7. The lowest BCUT2D eigenvalue weighted by Crippen LogP contribution is -2.30. The van der Waals surface area contributed by atoms with Crippen molar-refractivity contribution in [1.82, 2.24) is 0 Å². The lowest BCUT2D eigenvalue weighted by Gasteiger charge is -2.18. The first-order valence-corrected chi connectivity index (χ1v) is 26.1. The molecule has 0 saturated heterocycles. The molecular formula is C59H94O6. The summed E-state index contributed by atoms with van der Waals surface area (Å²) in [5.41, 5.74) is 0. The van der Waals surface area contributed by atoms with Crippen LogP contribution in [0.5, 0.6) is 0 Å². The summed E-state index contributed by atoms with van der Waals surface area (Å²) in [6.07, 6.45) is 72.0. The molecule has 0 radical (unpaired) electrons. The van der Waals surface area contributed by atoms with E-state index in [9.17, 15) is 14.4 Å². The van der Waals surface area contributed by atoms with Crippen molar-refractivity contribution in [3.8, 4) is 0 Å². The van der Waals surface area contributed by atoms with E-state index < -0.39 is 6.10 Å². The topological polar surface area (TPSA) is 78.9 Å². The fraction of sp³-hybridized carbons (Fsp3) is 0.610. The third-order valence-electron chi connectivity index (χ3n) is 10.5. The van der Waals surface area contributed by atoms with Crippen LogP contribution in [0.4, 0.5) is 0 Å². The Balaban J connectivity index is 4.57. The molecule has 0 aromatic heterocycles. The van der Waals surface area contributed by atoms with Crippen molar-refractivity contribution in [3.63, 3.8) is 0 Å². The summed E-state index contributed by atoms with van der Waals surface area (Å²) in [5, 5.41) is 0. The van der Waals surface area contributed by atoms with Gasteiger partial charge >= 0.3 is 17.9 Å². The zero-order valence-electron chi connectivity index (χ0n) is 41.7. The number of hydrogen-bond donors (Lipinski definition) is 0. The highest BCUT2D eigenvalue weighted by molar-refractivity contribution is 5.71. The smallest absolute Gasteiger partial charge is 0.306 e. The van der Waals surface area contributed by atoms with Gasteiger partial charge in [-0.2, -0.15) is 0 Å². The van der Waals surface area contributed by atoms with Gasteiger partial charge in [-0.25, -0.2) is 0 Å². The minimum Gasteiger partial charge on any atom is -0.462 e. The van der Waals surface area contributed by atoms with Gasteiger partial charge in [0.1, 0.15) is 13.2 Å². The monoisotopic (exact) mass is 899 g/mol. The molecule has 0 aliphatic rings. The maximum absolute atomic E-state index is 12.8. The van der Waals surface area contributed by atoms with Crippen LogP contribution in [0.1, 0.15) is 213 Å². The SMILES string of the molecule is CC/C=C\C/C=C\C/C=C\C/C=C\C/C=C\C/C=C\CCC(=O)OCC(COC(=O)CCCCCCC/C=C\C/C=C\CC)OC(=O)CCCCC/C=C\C=C/CCCCCCCCC. The second kappa shape index (κ2) is 52.4. The van der Waals surface area contributed by atoms with Gasteiger partial charge in [-0.15, -0.1) is 0 Å². The summed E-state index contributed by atoms with van der Waals surface area (Å²) in [4.78, 5) is 37.9. The van der Waals surface area contributed by atoms with Crippen LogP contribution in [0, 0.1) is 0 Å². The van der Waals surface area contributed by atoms with E-state index >= 15 is 0 Å². The number of carbonyl (C=O) groups excluding carboxylic acids is 3. The van der Waals surface area contributed by atoms with E-state index in [4.69, 9.17) is 14.2 Å². The molecule has 0 aliphatic heterocycles. The van der Waals surface area contributed by atoms with E-state index in [1.54, 1.807) is 0 Å². The van der Waals surface area contributed by atoms with Crippen LogP contribution < -0.4 is 0 Å². The normalized spacial score (nSPS) is 13.1. The highest BCUT2D eigenvalue weighted by Gasteiger charge is 2.19. The zero-order chi connectivity index (χ0) is 47.2. The molecule has 0 N–H and O–H groups in total. The first-order valence-electron chi connectivity index (χ1n) is 26.1. The fourth-order valence-electron chi connectivity index (χ4n) is 6.61. The number of unbranched alkanes of at least 4 members (excludes halogenated alkanes) is 15. The van der Waals surface area contributed by atoms with Gasteiger partial charge in [-0.3, -0.25) is 14.4 Å². The quantitative estimate of drug-likeness (QED) is 0.0199. The van der Waals surface area contributed by atoms with E-state index in [0.29, 0.717) is 19.3 Å². The average Bonchev–Trinajstić information content (AvgIpc) is 3.30. The maximum Gasteiger partial charge on any atom is 0.306 e. The molecule has 1 atom stereocenters. The Morgan fingerprint density at radius 3 is 1.14 bits per heavy atom. The van der Waals surface area contributed by atoms with Gasteiger partial charge in [0, 0.05) is 19.3 Å². The summed E-state index contributed by atoms with van der Waals surface area (Å²) in [5.74, 6) is -1.06. The molecular weight excluding hydrogens is 805 g/mol. The molecule has 0 spiro atoms. The molecule has 0 amide bonds. The van der Waals surface area contributed by atoms with Crippen LogP contribution >= 0.6 is 0 Å². The first kappa shape index (κ1) is 60.8. The Morgan fingerprint density at radius 1 is 0.338 bits per heavy atom. The van der Waals surface area contributed by atoms with E-state index in [0.717, 1.165) is 116 Å². The van der Waals surface area contributed by atoms with E-state index in [1.807, 2.05) is 12.2 Å². The average molecular weight is 899 g/mol. The van der Waals surface area contributed by atoms with Crippen molar-refractivity contribution in [1.29, 1.82) is 0 Å². The molecule has 0 aromatic carbocycles. The second-order valence-corrected chi connectivity index (χ2v) is 16.7. The summed E-state index contributed by atoms with van der Waals surface area (Å²) in [7, 11) is 0. The van der Waals surface area contributed by atoms with Crippen molar-refractivity contribution in [3.05, 3.63) is 122 Å². The number of hydrogen-bond acceptors (Lipinski definition) is 6. The number of rotatable bonds is 45. The summed E-state index contributed by atoms with van der Waals surface area (Å²) in [6.45, 7) is 6.29. The van der Waals surface area contributed by atoms with Crippen LogP contribution in [0.25, 0.3) is 0 Å². The molecule has 6 nitrogen and oxygen atoms in total. The molecule has 0 aromatic rings. The van der Waals surface area contributed by atoms with Gasteiger partial charge in [0.05, 0.1) is 0 Å². The lowest BCUT2D eigenvalue weighted by molar-refractivity contribution is -0.166. The van der Waals surface area contributed by atoms with Crippen molar-refractivity contribution in [2.75, 3.05) is 13.2 Å². The zero-order valence-corrected chi connectivity index (χ0v) is 41.7. The van der Waals surface area contributed by atoms with Gasteiger partial charge < -0.3 is 14.2 Å². The highest BCUT2D eigenvalue weighted by Crippen LogP contribution is 2.12. The predicted octanol–water partition coefficient (Wildman–Crippen LogP) is 17.3. The van der Waals surface area contributed by atoms with Gasteiger partial charge in [-0.1, -0.05) is 206 Å². The number of allylic oxidation sites excluding steroid dienone is 20. The Bertz CT molecular complexity index is 1400. The molecule has 0 heterocycles. The van der Waals surface area contributed by atoms with E-state index in [-0.39, 0.29) is 44.0 Å². The van der Waals surface area contributed by atoms with Gasteiger partial charge in [0.2, 0.25) is 0 Å². The largest absolute Gasteiger partial charge is 0.462 e. The van der Waals surface area contributed by atoms with Crippen molar-refractivity contribution < 1.29 is 28.6 Å². The molecule has 0 rings (SSSR count). The van der Waals surface area contributed by atoms with Crippen molar-refractivity contribution in [2.24, 2.45) is 0 Å². The maximum atomic E-state index is 12.8. The molecule has 366 valence electrons. The molecule has 6 heteroatoms. The summed E-state index contributed by atoms with van der Waals surface area (Å²) in [6, 6.07) is 0. The number of esters is 3. The lowest BCUT2D eigenvalue weighted by atomic mass is 10.1. The molecule has 0 saturated carbocycles. The highest BCUT2D eigenvalue weighted by atomic mass is 16.6. The molecule has 1 unspecified atom stereocenters. The fourth-order valence-corrected chi connectivity index (χ4v) is 6.61. The molecule has 65 heavy (non-hydrogen) atoms. The first-order chi connectivity index (χ1) is 32.0. The van der Waals surface area contributed by atoms with E-state index in [1.165, 1.54) is 44.9 Å². The van der Waals surface area contributed by atoms with Crippen LogP contribution in [0.2, 0.25) is 0 Å². The third-order valence-corrected chi connectivity index (χ3v) is 10.5. The van der Waals surface area contributed by atoms with Crippen LogP contribution in [0.3, 0.4) is 0 Å². The van der Waals surface area contributed by atoms with Gasteiger partial charge in [0.25, 0.3) is 0 Å². The number of ether oxygens (including phenoxy) is 3. The Morgan fingerprint density at radius 2 is 0.677 bits per heavy atom. The van der Waals surface area contributed by atoms with Crippen LogP contribution in [-0.2, 0) is 28.6 Å². The standard InChI is InChI=1S/C59H94O6/c1-4-7-10-13-16-19-22-25-27-29-30-31-33-34-37-40-43-46-49-52-58(61)64-55-56(54-63-57(60)51-48-45-42-39-36-24-21-18-15-12-9-6-3)65-59(62)53-50-47-44-41-38-35-32-28-26-23-20-17-14-11-8-5-2/h7,9-10,12,16,18-19,21,25,27-28,30-32,34-35,37-38,43,46,56H,4-6,8,11,13-15,17,20,22-24,26,29,33,36,39-42,44-45,47-55H2,1-3H3/b10-7-,12-9-,19-16-,21-18-,27-25-,31-30-,32-28-,37-34-,38-35-,46-43-. The molecule has 0 bridgehead atoms. The van der Waals surface area contributed by atoms with Crippen molar-refractivity contribution >= 4 is 17.9 Å². The number of carbonyl (C=O) groups is 3. The predicted molar refractivity (Wildman–Crippen MR) is 279 cm³/mol. The molecule has 0 fully saturated rings. The van der Waals surface area contributed by atoms with Gasteiger partial charge in [0.15, 0.2) is 6.10 Å². The van der Waals surface area contributed by atoms with Crippen molar-refractivity contribution in [2.45, 2.75) is 219 Å². The van der Waals surface area contributed by atoms with Crippen LogP contribution in [0.15, 0.2) is 122 Å². The Hall–Kier alpha value is -4.19. The summed E-state index contributed by atoms with van der Waals surface area (Å²) < 4.78 is 16.7. The Labute approximate surface area is 399 Å². The van der Waals surface area contributed by atoms with E-state index in [2.05, 4.69) is 130 Å². The minimum atomic E-state index is -0.831. The Kier molecular flexibility index (Phi) is 49.1. The molecule has 0 aliphatic carbocycles.